The van der Waals surface area contributed by atoms with Gasteiger partial charge in [0.2, 0.25) is 0 Å². The number of aromatic nitrogens is 3. The molecule has 1 aliphatic rings. The molecule has 4 aromatic rings. The van der Waals surface area contributed by atoms with Gasteiger partial charge < -0.3 is 9.88 Å². The van der Waals surface area contributed by atoms with E-state index in [2.05, 4.69) is 24.8 Å². The lowest BCUT2D eigenvalue weighted by Crippen LogP contribution is -2.14. The zero-order chi connectivity index (χ0) is 24.3. The lowest BCUT2D eigenvalue weighted by Gasteiger charge is -2.10. The van der Waals surface area contributed by atoms with Crippen molar-refractivity contribution in [1.82, 2.24) is 14.8 Å². The Bertz CT molecular complexity index is 1430. The SMILES string of the molecule is O=C(Nc1ccc(-c2nnc3n2CCCCC3)cc1)c1ccc(S(=O)(=O)Nc2ccccc2)cc1. The van der Waals surface area contributed by atoms with Gasteiger partial charge in [-0.05, 0) is 73.5 Å². The Morgan fingerprint density at radius 1 is 0.800 bits per heavy atom. The molecule has 178 valence electrons. The first-order valence-electron chi connectivity index (χ1n) is 11.5. The molecule has 9 heteroatoms. The van der Waals surface area contributed by atoms with Crippen LogP contribution in [-0.4, -0.2) is 29.1 Å². The number of anilines is 2. The molecule has 0 bridgehead atoms. The van der Waals surface area contributed by atoms with Crippen LogP contribution in [0.25, 0.3) is 11.4 Å². The summed E-state index contributed by atoms with van der Waals surface area (Å²) in [5.41, 5.74) is 2.41. The number of aryl methyl sites for hydroxylation is 1. The number of fused-ring (bicyclic) bond motifs is 1. The van der Waals surface area contributed by atoms with Crippen LogP contribution < -0.4 is 10.0 Å². The van der Waals surface area contributed by atoms with Crippen molar-refractivity contribution in [3.63, 3.8) is 0 Å². The molecule has 1 aromatic heterocycles. The van der Waals surface area contributed by atoms with Crippen molar-refractivity contribution in [3.05, 3.63) is 90.3 Å². The summed E-state index contributed by atoms with van der Waals surface area (Å²) >= 11 is 0. The number of amides is 1. The van der Waals surface area contributed by atoms with Gasteiger partial charge in [0.1, 0.15) is 5.82 Å². The summed E-state index contributed by atoms with van der Waals surface area (Å²) < 4.78 is 29.9. The fraction of sp³-hybridized carbons (Fsp3) is 0.192. The maximum atomic E-state index is 12.7. The van der Waals surface area contributed by atoms with Gasteiger partial charge in [0.25, 0.3) is 15.9 Å². The van der Waals surface area contributed by atoms with Crippen molar-refractivity contribution >= 4 is 27.3 Å². The van der Waals surface area contributed by atoms with Crippen molar-refractivity contribution in [2.24, 2.45) is 0 Å². The molecule has 1 aliphatic heterocycles. The molecule has 0 atom stereocenters. The van der Waals surface area contributed by atoms with E-state index in [1.165, 1.54) is 30.7 Å². The molecular weight excluding hydrogens is 462 g/mol. The van der Waals surface area contributed by atoms with E-state index in [0.717, 1.165) is 43.0 Å². The molecule has 0 aliphatic carbocycles. The van der Waals surface area contributed by atoms with Crippen LogP contribution in [0.3, 0.4) is 0 Å². The predicted molar refractivity (Wildman–Crippen MR) is 135 cm³/mol. The van der Waals surface area contributed by atoms with E-state index in [4.69, 9.17) is 0 Å². The van der Waals surface area contributed by atoms with Gasteiger partial charge in [0, 0.05) is 35.5 Å². The van der Waals surface area contributed by atoms with E-state index in [1.807, 2.05) is 30.3 Å². The van der Waals surface area contributed by atoms with Crippen LogP contribution >= 0.6 is 0 Å². The van der Waals surface area contributed by atoms with Gasteiger partial charge in [-0.15, -0.1) is 10.2 Å². The second-order valence-corrected chi connectivity index (χ2v) is 10.1. The highest BCUT2D eigenvalue weighted by Crippen LogP contribution is 2.24. The molecule has 0 radical (unpaired) electrons. The van der Waals surface area contributed by atoms with Gasteiger partial charge in [-0.2, -0.15) is 0 Å². The number of carbonyl (C=O) groups is 1. The fourth-order valence-corrected chi connectivity index (χ4v) is 5.17. The average molecular weight is 488 g/mol. The van der Waals surface area contributed by atoms with Crippen molar-refractivity contribution in [2.45, 2.75) is 37.1 Å². The smallest absolute Gasteiger partial charge is 0.261 e. The summed E-state index contributed by atoms with van der Waals surface area (Å²) in [7, 11) is -3.74. The van der Waals surface area contributed by atoms with Gasteiger partial charge in [0.05, 0.1) is 4.90 Å². The molecule has 8 nitrogen and oxygen atoms in total. The van der Waals surface area contributed by atoms with Crippen molar-refractivity contribution in [2.75, 3.05) is 10.0 Å². The Hall–Kier alpha value is -3.98. The number of hydrogen-bond donors (Lipinski definition) is 2. The van der Waals surface area contributed by atoms with Crippen molar-refractivity contribution < 1.29 is 13.2 Å². The molecule has 0 spiro atoms. The van der Waals surface area contributed by atoms with E-state index in [9.17, 15) is 13.2 Å². The van der Waals surface area contributed by atoms with Gasteiger partial charge in [-0.1, -0.05) is 24.6 Å². The molecule has 2 heterocycles. The van der Waals surface area contributed by atoms with Crippen molar-refractivity contribution in [3.8, 4) is 11.4 Å². The quantitative estimate of drug-likeness (QED) is 0.409. The first kappa shape index (κ1) is 22.8. The minimum atomic E-state index is -3.74. The van der Waals surface area contributed by atoms with Gasteiger partial charge in [-0.25, -0.2) is 8.42 Å². The summed E-state index contributed by atoms with van der Waals surface area (Å²) in [6.45, 7) is 0.919. The van der Waals surface area contributed by atoms with E-state index in [1.54, 1.807) is 24.3 Å². The number of sulfonamides is 1. The maximum Gasteiger partial charge on any atom is 0.261 e. The first-order valence-corrected chi connectivity index (χ1v) is 13.0. The summed E-state index contributed by atoms with van der Waals surface area (Å²) in [6.07, 6.45) is 4.40. The zero-order valence-electron chi connectivity index (χ0n) is 19.0. The summed E-state index contributed by atoms with van der Waals surface area (Å²) in [4.78, 5) is 12.8. The highest BCUT2D eigenvalue weighted by molar-refractivity contribution is 7.92. The lowest BCUT2D eigenvalue weighted by molar-refractivity contribution is 0.102. The minimum absolute atomic E-state index is 0.0784. The zero-order valence-corrected chi connectivity index (χ0v) is 19.8. The van der Waals surface area contributed by atoms with E-state index in [-0.39, 0.29) is 10.8 Å². The number of nitrogens with one attached hydrogen (secondary N) is 2. The standard InChI is InChI=1S/C26H25N5O3S/c32-26(20-12-16-23(17-13-20)35(33,34)30-22-7-3-1-4-8-22)27-21-14-10-19(11-15-21)25-29-28-24-9-5-2-6-18-31(24)25/h1,3-4,7-8,10-17,30H,2,5-6,9,18H2,(H,27,32). The van der Waals surface area contributed by atoms with E-state index >= 15 is 0 Å². The van der Waals surface area contributed by atoms with Gasteiger partial charge in [-0.3, -0.25) is 9.52 Å². The molecule has 0 saturated heterocycles. The third-order valence-corrected chi connectivity index (χ3v) is 7.36. The largest absolute Gasteiger partial charge is 0.322 e. The summed E-state index contributed by atoms with van der Waals surface area (Å²) in [6, 6.07) is 22.0. The highest BCUT2D eigenvalue weighted by Gasteiger charge is 2.17. The Labute approximate surface area is 204 Å². The lowest BCUT2D eigenvalue weighted by atomic mass is 10.1. The third kappa shape index (κ3) is 5.09. The van der Waals surface area contributed by atoms with E-state index < -0.39 is 10.0 Å². The number of carbonyl (C=O) groups excluding carboxylic acids is 1. The molecular formula is C26H25N5O3S. The van der Waals surface area contributed by atoms with Gasteiger partial charge in [0.15, 0.2) is 5.82 Å². The van der Waals surface area contributed by atoms with Crippen molar-refractivity contribution in [1.29, 1.82) is 0 Å². The molecule has 3 aromatic carbocycles. The maximum absolute atomic E-state index is 12.7. The molecule has 0 unspecified atom stereocenters. The highest BCUT2D eigenvalue weighted by atomic mass is 32.2. The van der Waals surface area contributed by atoms with Crippen LogP contribution in [0.2, 0.25) is 0 Å². The topological polar surface area (TPSA) is 106 Å². The van der Waals surface area contributed by atoms with Crippen LogP contribution in [0, 0.1) is 0 Å². The van der Waals surface area contributed by atoms with Crippen LogP contribution in [0.1, 0.15) is 35.4 Å². The normalized spacial score (nSPS) is 13.5. The molecule has 35 heavy (non-hydrogen) atoms. The summed E-state index contributed by atoms with van der Waals surface area (Å²) in [5, 5.41) is 11.6. The number of nitrogens with zero attached hydrogens (tertiary/aromatic N) is 3. The molecule has 1 amide bonds. The molecule has 5 rings (SSSR count). The van der Waals surface area contributed by atoms with Crippen LogP contribution in [0.4, 0.5) is 11.4 Å². The number of benzene rings is 3. The predicted octanol–water partition coefficient (Wildman–Crippen LogP) is 4.72. The van der Waals surface area contributed by atoms with Gasteiger partial charge >= 0.3 is 0 Å². The van der Waals surface area contributed by atoms with Crippen LogP contribution in [-0.2, 0) is 23.0 Å². The Morgan fingerprint density at radius 2 is 1.54 bits per heavy atom. The Kier molecular flexibility index (Phi) is 6.33. The second-order valence-electron chi connectivity index (χ2n) is 8.43. The monoisotopic (exact) mass is 487 g/mol. The number of para-hydroxylation sites is 1. The summed E-state index contributed by atoms with van der Waals surface area (Å²) in [5.74, 6) is 1.55. The second kappa shape index (κ2) is 9.71. The van der Waals surface area contributed by atoms with E-state index in [0.29, 0.717) is 16.9 Å². The Morgan fingerprint density at radius 3 is 2.29 bits per heavy atom. The van der Waals surface area contributed by atoms with Crippen LogP contribution in [0.5, 0.6) is 0 Å². The molecule has 2 N–H and O–H groups in total. The molecule has 0 fully saturated rings. The fourth-order valence-electron chi connectivity index (χ4n) is 4.11. The molecule has 0 saturated carbocycles. The third-order valence-electron chi connectivity index (χ3n) is 5.96. The number of hydrogen-bond acceptors (Lipinski definition) is 5. The Balaban J connectivity index is 1.26. The number of rotatable bonds is 6. The van der Waals surface area contributed by atoms with Crippen LogP contribution in [0.15, 0.2) is 83.8 Å². The minimum Gasteiger partial charge on any atom is -0.322 e. The first-order chi connectivity index (χ1) is 17.0. The average Bonchev–Trinajstić information content (AvgIpc) is 3.12.